The number of alkyl halides is 3. The Balaban J connectivity index is 1.72. The number of hydrogen-bond donors (Lipinski definition) is 3. The van der Waals surface area contributed by atoms with Crippen molar-refractivity contribution in [3.8, 4) is 28.3 Å². The molecular formula is C27H26F3N5O4. The van der Waals surface area contributed by atoms with Crippen LogP contribution < -0.4 is 15.8 Å². The molecule has 0 radical (unpaired) electrons. The number of hydrogen-bond acceptors (Lipinski definition) is 8. The van der Waals surface area contributed by atoms with Crippen molar-refractivity contribution in [1.29, 1.82) is 0 Å². The molecule has 0 bridgehead atoms. The molecule has 0 aliphatic carbocycles. The van der Waals surface area contributed by atoms with Crippen molar-refractivity contribution in [2.24, 2.45) is 0 Å². The van der Waals surface area contributed by atoms with Crippen LogP contribution in [0.15, 0.2) is 64.3 Å². The quantitative estimate of drug-likeness (QED) is 0.323. The maximum absolute atomic E-state index is 14.2. The molecule has 5 rings (SSSR count). The van der Waals surface area contributed by atoms with Crippen molar-refractivity contribution in [1.82, 2.24) is 14.8 Å². The number of β-amino-alcohol motifs (C(OH)–C–C–N with tert-alkyl or cyclic N) is 1. The van der Waals surface area contributed by atoms with Gasteiger partial charge in [-0.3, -0.25) is 4.79 Å². The van der Waals surface area contributed by atoms with Crippen LogP contribution in [0.2, 0.25) is 0 Å². The molecule has 0 unspecified atom stereocenters. The molecule has 204 valence electrons. The summed E-state index contributed by atoms with van der Waals surface area (Å²) in [6, 6.07) is 10.4. The molecule has 1 saturated heterocycles. The maximum atomic E-state index is 14.2. The van der Waals surface area contributed by atoms with Crippen LogP contribution in [0.3, 0.4) is 0 Å². The van der Waals surface area contributed by atoms with Gasteiger partial charge in [0.2, 0.25) is 0 Å². The van der Waals surface area contributed by atoms with Crippen LogP contribution in [-0.2, 0) is 6.18 Å². The lowest BCUT2D eigenvalue weighted by Crippen LogP contribution is -2.28. The van der Waals surface area contributed by atoms with Crippen molar-refractivity contribution in [2.45, 2.75) is 25.6 Å². The zero-order chi connectivity index (χ0) is 27.7. The SMILES string of the molecule is Cc1cc(-c2cc(NCCO)c(=O)n(-c3cc(N4CC[C@H](O)C4)ccc3C(F)(F)F)n2)cc(-c2cnco2)c1. The minimum atomic E-state index is -4.77. The van der Waals surface area contributed by atoms with Gasteiger partial charge in [0.15, 0.2) is 12.2 Å². The number of anilines is 2. The third-order valence-electron chi connectivity index (χ3n) is 6.47. The van der Waals surface area contributed by atoms with Gasteiger partial charge >= 0.3 is 6.18 Å². The summed E-state index contributed by atoms with van der Waals surface area (Å²) in [6.45, 7) is 2.29. The summed E-state index contributed by atoms with van der Waals surface area (Å²) in [4.78, 5) is 19.2. The minimum absolute atomic E-state index is 0.00760. The van der Waals surface area contributed by atoms with Gasteiger partial charge in [-0.15, -0.1) is 0 Å². The van der Waals surface area contributed by atoms with Crippen LogP contribution in [0.25, 0.3) is 28.3 Å². The number of benzene rings is 2. The molecule has 1 fully saturated rings. The zero-order valence-electron chi connectivity index (χ0n) is 20.9. The molecule has 2 aromatic heterocycles. The lowest BCUT2D eigenvalue weighted by Gasteiger charge is -2.22. The molecule has 3 N–H and O–H groups in total. The van der Waals surface area contributed by atoms with Crippen LogP contribution in [0.4, 0.5) is 24.5 Å². The third kappa shape index (κ3) is 5.52. The molecule has 39 heavy (non-hydrogen) atoms. The lowest BCUT2D eigenvalue weighted by molar-refractivity contribution is -0.137. The lowest BCUT2D eigenvalue weighted by atomic mass is 10.0. The highest BCUT2D eigenvalue weighted by Crippen LogP contribution is 2.37. The predicted octanol–water partition coefficient (Wildman–Crippen LogP) is 3.86. The molecule has 12 heteroatoms. The van der Waals surface area contributed by atoms with E-state index in [1.807, 2.05) is 13.0 Å². The summed E-state index contributed by atoms with van der Waals surface area (Å²) < 4.78 is 48.6. The van der Waals surface area contributed by atoms with Gasteiger partial charge in [0.05, 0.1) is 35.9 Å². The van der Waals surface area contributed by atoms with E-state index in [1.54, 1.807) is 17.0 Å². The summed E-state index contributed by atoms with van der Waals surface area (Å²) in [5.74, 6) is 0.492. The van der Waals surface area contributed by atoms with Gasteiger partial charge in [-0.2, -0.15) is 23.0 Å². The maximum Gasteiger partial charge on any atom is 0.418 e. The second kappa shape index (κ2) is 10.5. The molecule has 1 aliphatic rings. The predicted molar refractivity (Wildman–Crippen MR) is 139 cm³/mol. The normalized spacial score (nSPS) is 15.6. The zero-order valence-corrected chi connectivity index (χ0v) is 20.9. The Kier molecular flexibility index (Phi) is 7.15. The molecule has 0 amide bonds. The molecule has 1 aliphatic heterocycles. The largest absolute Gasteiger partial charge is 0.444 e. The van der Waals surface area contributed by atoms with Crippen LogP contribution in [-0.4, -0.2) is 57.3 Å². The van der Waals surface area contributed by atoms with E-state index >= 15 is 0 Å². The number of nitrogens with zero attached hydrogens (tertiary/aromatic N) is 4. The highest BCUT2D eigenvalue weighted by molar-refractivity contribution is 5.71. The fourth-order valence-electron chi connectivity index (χ4n) is 4.66. The Morgan fingerprint density at radius 3 is 2.62 bits per heavy atom. The monoisotopic (exact) mass is 541 g/mol. The van der Waals surface area contributed by atoms with Crippen LogP contribution in [0.1, 0.15) is 17.5 Å². The molecule has 4 aromatic rings. The highest BCUT2D eigenvalue weighted by Gasteiger charge is 2.35. The smallest absolute Gasteiger partial charge is 0.418 e. The van der Waals surface area contributed by atoms with Crippen LogP contribution >= 0.6 is 0 Å². The van der Waals surface area contributed by atoms with E-state index in [2.05, 4.69) is 15.4 Å². The fraction of sp³-hybridized carbons (Fsp3) is 0.296. The van der Waals surface area contributed by atoms with Crippen molar-refractivity contribution in [3.63, 3.8) is 0 Å². The molecule has 9 nitrogen and oxygen atoms in total. The van der Waals surface area contributed by atoms with Gasteiger partial charge in [0, 0.05) is 36.4 Å². The van der Waals surface area contributed by atoms with E-state index in [4.69, 9.17) is 4.42 Å². The molecule has 2 aromatic carbocycles. The minimum Gasteiger partial charge on any atom is -0.444 e. The van der Waals surface area contributed by atoms with Crippen molar-refractivity contribution in [2.75, 3.05) is 36.5 Å². The van der Waals surface area contributed by atoms with Gasteiger partial charge in [-0.1, -0.05) is 0 Å². The van der Waals surface area contributed by atoms with Crippen LogP contribution in [0, 0.1) is 6.92 Å². The molecule has 0 spiro atoms. The summed E-state index contributed by atoms with van der Waals surface area (Å²) in [5.41, 5.74) is 0.407. The number of oxazole rings is 1. The van der Waals surface area contributed by atoms with Gasteiger partial charge < -0.3 is 24.8 Å². The average molecular weight is 542 g/mol. The Bertz CT molecular complexity index is 1540. The van der Waals surface area contributed by atoms with Crippen molar-refractivity contribution >= 4 is 11.4 Å². The summed E-state index contributed by atoms with van der Waals surface area (Å²) in [5, 5.41) is 26.4. The first-order chi connectivity index (χ1) is 18.6. The van der Waals surface area contributed by atoms with E-state index in [-0.39, 0.29) is 31.1 Å². The molecule has 0 saturated carbocycles. The van der Waals surface area contributed by atoms with Gasteiger partial charge in [-0.25, -0.2) is 4.98 Å². The van der Waals surface area contributed by atoms with Gasteiger partial charge in [0.25, 0.3) is 5.56 Å². The molecular weight excluding hydrogens is 515 g/mol. The summed E-state index contributed by atoms with van der Waals surface area (Å²) >= 11 is 0. The van der Waals surface area contributed by atoms with E-state index < -0.39 is 29.1 Å². The number of aromatic nitrogens is 3. The number of aryl methyl sites for hydroxylation is 1. The summed E-state index contributed by atoms with van der Waals surface area (Å²) in [7, 11) is 0. The van der Waals surface area contributed by atoms with Gasteiger partial charge in [-0.05, 0) is 61.4 Å². The van der Waals surface area contributed by atoms with Crippen molar-refractivity contribution < 1.29 is 27.8 Å². The molecule has 3 heterocycles. The number of aliphatic hydroxyl groups excluding tert-OH is 2. The number of rotatable bonds is 7. The Hall–Kier alpha value is -4.16. The van der Waals surface area contributed by atoms with Crippen LogP contribution in [0.5, 0.6) is 0 Å². The highest BCUT2D eigenvalue weighted by atomic mass is 19.4. The van der Waals surface area contributed by atoms with E-state index in [0.29, 0.717) is 35.5 Å². The first-order valence-electron chi connectivity index (χ1n) is 12.3. The average Bonchev–Trinajstić information content (AvgIpc) is 3.59. The fourth-order valence-corrected chi connectivity index (χ4v) is 4.66. The molecule has 1 atom stereocenters. The van der Waals surface area contributed by atoms with Gasteiger partial charge in [0.1, 0.15) is 5.69 Å². The van der Waals surface area contributed by atoms with E-state index in [1.165, 1.54) is 30.8 Å². The Labute approximate surface area is 221 Å². The topological polar surface area (TPSA) is 117 Å². The van der Waals surface area contributed by atoms with Crippen molar-refractivity contribution in [3.05, 3.63) is 76.5 Å². The number of halogens is 3. The Morgan fingerprint density at radius 2 is 1.95 bits per heavy atom. The standard InChI is InChI=1S/C27H26F3N5O4/c1-16-8-17(10-18(9-16)25-13-31-15-39-25)22-12-23(32-5-7-36)26(38)35(33-22)24-11-19(34-6-4-20(37)14-34)2-3-21(24)27(28,29)30/h2-3,8-13,15,20,32,36-37H,4-7,14H2,1H3/t20-/m0/s1. The number of nitrogens with one attached hydrogen (secondary N) is 1. The third-order valence-corrected chi connectivity index (χ3v) is 6.47. The second-order valence-electron chi connectivity index (χ2n) is 9.35. The number of aliphatic hydroxyl groups is 2. The Morgan fingerprint density at radius 1 is 1.15 bits per heavy atom. The first-order valence-corrected chi connectivity index (χ1v) is 12.3. The summed E-state index contributed by atoms with van der Waals surface area (Å²) in [6.07, 6.45) is -2.04. The first kappa shape index (κ1) is 26.4. The van der Waals surface area contributed by atoms with E-state index in [0.717, 1.165) is 16.3 Å². The van der Waals surface area contributed by atoms with E-state index in [9.17, 15) is 28.2 Å². The second-order valence-corrected chi connectivity index (χ2v) is 9.35.